The van der Waals surface area contributed by atoms with Gasteiger partial charge < -0.3 is 10.1 Å². The van der Waals surface area contributed by atoms with Crippen LogP contribution in [-0.4, -0.2) is 25.0 Å². The summed E-state index contributed by atoms with van der Waals surface area (Å²) < 4.78 is 4.45. The normalized spacial score (nSPS) is 18.1. The molecule has 1 unspecified atom stereocenters. The predicted molar refractivity (Wildman–Crippen MR) is 58.8 cm³/mol. The zero-order valence-electron chi connectivity index (χ0n) is 8.62. The second-order valence-corrected chi connectivity index (χ2v) is 3.99. The van der Waals surface area contributed by atoms with Gasteiger partial charge in [0.1, 0.15) is 0 Å². The summed E-state index contributed by atoms with van der Waals surface area (Å²) in [5.41, 5.74) is 1.48. The summed E-state index contributed by atoms with van der Waals surface area (Å²) in [5.74, 6) is -0.0999. The van der Waals surface area contributed by atoms with Crippen LogP contribution in [0.5, 0.6) is 0 Å². The van der Waals surface area contributed by atoms with Gasteiger partial charge in [-0.25, -0.2) is 4.79 Å². The van der Waals surface area contributed by atoms with E-state index in [-0.39, 0.29) is 5.78 Å². The van der Waals surface area contributed by atoms with Crippen molar-refractivity contribution in [2.24, 2.45) is 0 Å². The maximum atomic E-state index is 11.8. The Balaban J connectivity index is 2.20. The van der Waals surface area contributed by atoms with Crippen molar-refractivity contribution in [3.05, 3.63) is 34.3 Å². The summed E-state index contributed by atoms with van der Waals surface area (Å²) in [4.78, 5) is 22.9. The molecule has 84 valence electrons. The van der Waals surface area contributed by atoms with Gasteiger partial charge >= 0.3 is 6.09 Å². The Morgan fingerprint density at radius 3 is 3.00 bits per heavy atom. The lowest BCUT2D eigenvalue weighted by Crippen LogP contribution is -2.38. The molecule has 0 bridgehead atoms. The monoisotopic (exact) mass is 239 g/mol. The van der Waals surface area contributed by atoms with Gasteiger partial charge in [-0.3, -0.25) is 4.79 Å². The van der Waals surface area contributed by atoms with E-state index in [9.17, 15) is 9.59 Å². The Hall–Kier alpha value is -1.55. The van der Waals surface area contributed by atoms with Crippen LogP contribution in [0.25, 0.3) is 0 Å². The van der Waals surface area contributed by atoms with E-state index in [1.807, 2.05) is 0 Å². The molecule has 0 fully saturated rings. The number of ketones is 1. The van der Waals surface area contributed by atoms with E-state index in [1.165, 1.54) is 7.11 Å². The van der Waals surface area contributed by atoms with E-state index in [0.29, 0.717) is 17.0 Å². The first-order valence-electron chi connectivity index (χ1n) is 4.79. The fraction of sp³-hybridized carbons (Fsp3) is 0.273. The molecule has 1 aliphatic carbocycles. The summed E-state index contributed by atoms with van der Waals surface area (Å²) in [6.07, 6.45) is -0.138. The van der Waals surface area contributed by atoms with Crippen molar-refractivity contribution in [1.82, 2.24) is 5.32 Å². The molecule has 4 nitrogen and oxygen atoms in total. The van der Waals surface area contributed by atoms with E-state index in [2.05, 4.69) is 10.1 Å². The molecule has 0 spiro atoms. The molecule has 0 aromatic heterocycles. The minimum Gasteiger partial charge on any atom is -0.453 e. The highest BCUT2D eigenvalue weighted by atomic mass is 35.5. The summed E-state index contributed by atoms with van der Waals surface area (Å²) >= 11 is 5.83. The molecule has 1 amide bonds. The fourth-order valence-corrected chi connectivity index (χ4v) is 1.98. The number of Topliss-reactive ketones (excluding diaryl/α,β-unsaturated/α-hetero) is 1. The van der Waals surface area contributed by atoms with Gasteiger partial charge in [-0.1, -0.05) is 11.6 Å². The molecule has 5 heteroatoms. The van der Waals surface area contributed by atoms with Crippen molar-refractivity contribution in [2.45, 2.75) is 12.5 Å². The third kappa shape index (κ3) is 1.88. The van der Waals surface area contributed by atoms with Gasteiger partial charge in [0, 0.05) is 17.0 Å². The number of hydrogen-bond donors (Lipinski definition) is 1. The molecule has 1 N–H and O–H groups in total. The lowest BCUT2D eigenvalue weighted by Gasteiger charge is -2.08. The van der Waals surface area contributed by atoms with E-state index >= 15 is 0 Å². The van der Waals surface area contributed by atoms with Crippen LogP contribution in [0.2, 0.25) is 5.02 Å². The Bertz CT molecular complexity index is 459. The molecule has 0 radical (unpaired) electrons. The topological polar surface area (TPSA) is 55.4 Å². The van der Waals surface area contributed by atoms with Gasteiger partial charge in [0.2, 0.25) is 0 Å². The number of alkyl carbamates (subject to hydrolysis) is 1. The maximum Gasteiger partial charge on any atom is 0.407 e. The largest absolute Gasteiger partial charge is 0.453 e. The minimum absolute atomic E-state index is 0.0999. The van der Waals surface area contributed by atoms with Crippen LogP contribution in [0.1, 0.15) is 15.9 Å². The highest BCUT2D eigenvalue weighted by Gasteiger charge is 2.31. The molecule has 0 aliphatic heterocycles. The predicted octanol–water partition coefficient (Wildman–Crippen LogP) is 1.80. The number of ether oxygens (including phenoxy) is 1. The standard InChI is InChI=1S/C11H10ClNO3/c1-16-11(15)13-9-5-6-4-7(12)2-3-8(6)10(9)14/h2-4,9H,5H2,1H3,(H,13,15). The van der Waals surface area contributed by atoms with E-state index in [4.69, 9.17) is 11.6 Å². The van der Waals surface area contributed by atoms with Gasteiger partial charge in [-0.05, 0) is 23.8 Å². The van der Waals surface area contributed by atoms with Crippen molar-refractivity contribution >= 4 is 23.5 Å². The van der Waals surface area contributed by atoms with Crippen molar-refractivity contribution in [3.63, 3.8) is 0 Å². The molecule has 1 aromatic rings. The van der Waals surface area contributed by atoms with Crippen LogP contribution >= 0.6 is 11.6 Å². The van der Waals surface area contributed by atoms with E-state index in [1.54, 1.807) is 18.2 Å². The lowest BCUT2D eigenvalue weighted by atomic mass is 10.1. The van der Waals surface area contributed by atoms with Crippen molar-refractivity contribution in [3.8, 4) is 0 Å². The van der Waals surface area contributed by atoms with Crippen LogP contribution in [-0.2, 0) is 11.2 Å². The minimum atomic E-state index is -0.600. The number of nitrogens with one attached hydrogen (secondary N) is 1. The summed E-state index contributed by atoms with van der Waals surface area (Å²) in [5, 5.41) is 3.08. The Kier molecular flexibility index (Phi) is 2.83. The van der Waals surface area contributed by atoms with Crippen molar-refractivity contribution < 1.29 is 14.3 Å². The van der Waals surface area contributed by atoms with Crippen LogP contribution in [0.15, 0.2) is 18.2 Å². The first-order valence-corrected chi connectivity index (χ1v) is 5.16. The zero-order valence-corrected chi connectivity index (χ0v) is 9.38. The first-order chi connectivity index (χ1) is 7.61. The average molecular weight is 240 g/mol. The number of carbonyl (C=O) groups excluding carboxylic acids is 2. The molecule has 0 saturated carbocycles. The molecule has 2 rings (SSSR count). The zero-order chi connectivity index (χ0) is 11.7. The molecule has 1 aromatic carbocycles. The van der Waals surface area contributed by atoms with Gasteiger partial charge in [0.05, 0.1) is 13.2 Å². The molecular weight excluding hydrogens is 230 g/mol. The number of benzene rings is 1. The number of hydrogen-bond acceptors (Lipinski definition) is 3. The molecule has 16 heavy (non-hydrogen) atoms. The second kappa shape index (κ2) is 4.14. The van der Waals surface area contributed by atoms with Crippen LogP contribution < -0.4 is 5.32 Å². The van der Waals surface area contributed by atoms with Crippen molar-refractivity contribution in [1.29, 1.82) is 0 Å². The Labute approximate surface area is 97.5 Å². The van der Waals surface area contributed by atoms with Crippen molar-refractivity contribution in [2.75, 3.05) is 7.11 Å². The molecule has 0 heterocycles. The summed E-state index contributed by atoms with van der Waals surface area (Å²) in [6.45, 7) is 0. The Morgan fingerprint density at radius 1 is 1.56 bits per heavy atom. The molecular formula is C11H10ClNO3. The third-order valence-corrected chi connectivity index (χ3v) is 2.79. The number of carbonyl (C=O) groups is 2. The maximum absolute atomic E-state index is 11.8. The smallest absolute Gasteiger partial charge is 0.407 e. The fourth-order valence-electron chi connectivity index (χ4n) is 1.79. The van der Waals surface area contributed by atoms with Crippen LogP contribution in [0.4, 0.5) is 4.79 Å². The number of halogens is 1. The van der Waals surface area contributed by atoms with Gasteiger partial charge in [0.25, 0.3) is 0 Å². The molecule has 1 aliphatic rings. The summed E-state index contributed by atoms with van der Waals surface area (Å²) in [7, 11) is 1.26. The van der Waals surface area contributed by atoms with Crippen LogP contribution in [0, 0.1) is 0 Å². The van der Waals surface area contributed by atoms with Gasteiger partial charge in [0.15, 0.2) is 5.78 Å². The van der Waals surface area contributed by atoms with Gasteiger partial charge in [-0.15, -0.1) is 0 Å². The third-order valence-electron chi connectivity index (χ3n) is 2.55. The number of amides is 1. The summed E-state index contributed by atoms with van der Waals surface area (Å²) in [6, 6.07) is 4.55. The highest BCUT2D eigenvalue weighted by molar-refractivity contribution is 6.30. The number of rotatable bonds is 1. The number of fused-ring (bicyclic) bond motifs is 1. The van der Waals surface area contributed by atoms with Crippen LogP contribution in [0.3, 0.4) is 0 Å². The molecule has 1 atom stereocenters. The van der Waals surface area contributed by atoms with E-state index in [0.717, 1.165) is 5.56 Å². The Morgan fingerprint density at radius 2 is 2.31 bits per heavy atom. The molecule has 0 saturated heterocycles. The lowest BCUT2D eigenvalue weighted by molar-refractivity contribution is 0.0947. The number of methoxy groups -OCH3 is 1. The van der Waals surface area contributed by atoms with Gasteiger partial charge in [-0.2, -0.15) is 0 Å². The first kappa shape index (κ1) is 11.0. The second-order valence-electron chi connectivity index (χ2n) is 3.56. The van der Waals surface area contributed by atoms with E-state index < -0.39 is 12.1 Å². The average Bonchev–Trinajstić information content (AvgIpc) is 2.55. The SMILES string of the molecule is COC(=O)NC1Cc2cc(Cl)ccc2C1=O. The highest BCUT2D eigenvalue weighted by Crippen LogP contribution is 2.25. The quantitative estimate of drug-likeness (QED) is 0.813.